The summed E-state index contributed by atoms with van der Waals surface area (Å²) in [5, 5.41) is 11.0. The zero-order valence-electron chi connectivity index (χ0n) is 10.8. The molecule has 7 nitrogen and oxygen atoms in total. The van der Waals surface area contributed by atoms with Crippen molar-refractivity contribution in [2.24, 2.45) is 10.8 Å². The molecule has 0 saturated carbocycles. The first-order chi connectivity index (χ1) is 9.04. The van der Waals surface area contributed by atoms with Gasteiger partial charge in [-0.05, 0) is 6.07 Å². The number of benzene rings is 1. The molecule has 0 bridgehead atoms. The average molecular weight is 287 g/mol. The van der Waals surface area contributed by atoms with E-state index in [0.717, 1.165) is 0 Å². The van der Waals surface area contributed by atoms with E-state index in [1.807, 2.05) is 0 Å². The summed E-state index contributed by atoms with van der Waals surface area (Å²) in [4.78, 5) is 0. The minimum absolute atomic E-state index is 0.278. The lowest BCUT2D eigenvalue weighted by Gasteiger charge is -2.14. The van der Waals surface area contributed by atoms with Crippen LogP contribution in [-0.2, 0) is 0 Å². The SMILES string of the molecule is COc1cc(/C=N/NC(=N)N)c(Cl)c(OC)c1OC. The third-order valence-corrected chi connectivity index (χ3v) is 2.58. The number of hydrogen-bond donors (Lipinski definition) is 3. The zero-order valence-corrected chi connectivity index (χ0v) is 11.5. The summed E-state index contributed by atoms with van der Waals surface area (Å²) in [5.74, 6) is 0.910. The Balaban J connectivity index is 3.26. The smallest absolute Gasteiger partial charge is 0.206 e. The Morgan fingerprint density at radius 1 is 1.32 bits per heavy atom. The van der Waals surface area contributed by atoms with Gasteiger partial charge >= 0.3 is 0 Å². The second-order valence-electron chi connectivity index (χ2n) is 3.33. The Hall–Kier alpha value is -2.15. The Kier molecular flexibility index (Phi) is 5.25. The van der Waals surface area contributed by atoms with Crippen molar-refractivity contribution >= 4 is 23.8 Å². The first-order valence-corrected chi connectivity index (χ1v) is 5.54. The molecule has 0 radical (unpaired) electrons. The molecule has 0 fully saturated rings. The van der Waals surface area contributed by atoms with Gasteiger partial charge in [0.15, 0.2) is 11.5 Å². The zero-order chi connectivity index (χ0) is 14.4. The standard InChI is InChI=1S/C11H15ClN4O3/c1-17-7-4-6(5-15-16-11(13)14)8(12)10(19-3)9(7)18-2/h4-5H,1-3H3,(H4,13,14,16)/b15-5+. The van der Waals surface area contributed by atoms with Crippen LogP contribution in [0.15, 0.2) is 11.2 Å². The van der Waals surface area contributed by atoms with Crippen molar-refractivity contribution in [1.29, 1.82) is 5.41 Å². The van der Waals surface area contributed by atoms with Crippen LogP contribution in [-0.4, -0.2) is 33.5 Å². The Morgan fingerprint density at radius 2 is 1.95 bits per heavy atom. The minimum Gasteiger partial charge on any atom is -0.493 e. The number of hydrogen-bond acceptors (Lipinski definition) is 5. The van der Waals surface area contributed by atoms with E-state index in [-0.39, 0.29) is 5.96 Å². The van der Waals surface area contributed by atoms with Crippen LogP contribution in [0.4, 0.5) is 0 Å². The van der Waals surface area contributed by atoms with Crippen molar-refractivity contribution in [3.63, 3.8) is 0 Å². The van der Waals surface area contributed by atoms with E-state index in [9.17, 15) is 0 Å². The quantitative estimate of drug-likeness (QED) is 0.428. The van der Waals surface area contributed by atoms with E-state index in [1.165, 1.54) is 27.5 Å². The third kappa shape index (κ3) is 3.41. The number of nitrogens with zero attached hydrogens (tertiary/aromatic N) is 1. The monoisotopic (exact) mass is 286 g/mol. The molecule has 8 heteroatoms. The molecule has 0 aliphatic heterocycles. The highest BCUT2D eigenvalue weighted by Crippen LogP contribution is 2.44. The topological polar surface area (TPSA) is 102 Å². The lowest BCUT2D eigenvalue weighted by Crippen LogP contribution is -2.25. The van der Waals surface area contributed by atoms with E-state index in [2.05, 4.69) is 10.5 Å². The number of guanidine groups is 1. The van der Waals surface area contributed by atoms with Gasteiger partial charge in [-0.3, -0.25) is 5.41 Å². The molecule has 0 heterocycles. The summed E-state index contributed by atoms with van der Waals surface area (Å²) in [6, 6.07) is 1.63. The van der Waals surface area contributed by atoms with Gasteiger partial charge < -0.3 is 19.9 Å². The molecule has 1 aromatic rings. The van der Waals surface area contributed by atoms with Gasteiger partial charge in [0.05, 0.1) is 32.6 Å². The van der Waals surface area contributed by atoms with Crippen molar-refractivity contribution < 1.29 is 14.2 Å². The van der Waals surface area contributed by atoms with E-state index in [4.69, 9.17) is 37.0 Å². The number of halogens is 1. The van der Waals surface area contributed by atoms with Gasteiger partial charge in [0.2, 0.25) is 11.7 Å². The van der Waals surface area contributed by atoms with Crippen LogP contribution < -0.4 is 25.4 Å². The summed E-state index contributed by atoms with van der Waals surface area (Å²) >= 11 is 6.17. The summed E-state index contributed by atoms with van der Waals surface area (Å²) in [5.41, 5.74) is 7.92. The van der Waals surface area contributed by atoms with Gasteiger partial charge in [-0.25, -0.2) is 5.43 Å². The van der Waals surface area contributed by atoms with Crippen LogP contribution in [0.1, 0.15) is 5.56 Å². The van der Waals surface area contributed by atoms with Gasteiger partial charge in [0, 0.05) is 5.56 Å². The molecule has 104 valence electrons. The van der Waals surface area contributed by atoms with Crippen LogP contribution >= 0.6 is 11.6 Å². The van der Waals surface area contributed by atoms with E-state index >= 15 is 0 Å². The highest BCUT2D eigenvalue weighted by Gasteiger charge is 2.18. The molecular weight excluding hydrogens is 272 g/mol. The maximum absolute atomic E-state index is 6.99. The minimum atomic E-state index is -0.278. The van der Waals surface area contributed by atoms with Crippen molar-refractivity contribution in [2.45, 2.75) is 0 Å². The molecule has 0 amide bonds. The van der Waals surface area contributed by atoms with Crippen molar-refractivity contribution in [3.05, 3.63) is 16.7 Å². The molecule has 0 atom stereocenters. The summed E-state index contributed by atoms with van der Waals surface area (Å²) in [6.45, 7) is 0. The lowest BCUT2D eigenvalue weighted by molar-refractivity contribution is 0.324. The number of methoxy groups -OCH3 is 3. The molecule has 0 aliphatic rings. The summed E-state index contributed by atoms with van der Waals surface area (Å²) in [7, 11) is 4.46. The molecule has 0 aromatic heterocycles. The average Bonchev–Trinajstić information content (AvgIpc) is 2.39. The second kappa shape index (κ2) is 6.69. The molecule has 0 spiro atoms. The fraction of sp³-hybridized carbons (Fsp3) is 0.273. The fourth-order valence-electron chi connectivity index (χ4n) is 1.41. The van der Waals surface area contributed by atoms with Crippen molar-refractivity contribution in [1.82, 2.24) is 5.43 Å². The molecule has 0 unspecified atom stereocenters. The Bertz CT molecular complexity index is 505. The van der Waals surface area contributed by atoms with Gasteiger partial charge in [-0.1, -0.05) is 11.6 Å². The highest BCUT2D eigenvalue weighted by molar-refractivity contribution is 6.35. The summed E-state index contributed by atoms with van der Waals surface area (Å²) < 4.78 is 15.6. The van der Waals surface area contributed by atoms with E-state index in [0.29, 0.717) is 27.8 Å². The predicted molar refractivity (Wildman–Crippen MR) is 73.8 cm³/mol. The van der Waals surface area contributed by atoms with Crippen molar-refractivity contribution in [2.75, 3.05) is 21.3 Å². The lowest BCUT2D eigenvalue weighted by atomic mass is 10.2. The van der Waals surface area contributed by atoms with Gasteiger partial charge in [-0.2, -0.15) is 5.10 Å². The van der Waals surface area contributed by atoms with Crippen LogP contribution in [0, 0.1) is 5.41 Å². The van der Waals surface area contributed by atoms with Crippen molar-refractivity contribution in [3.8, 4) is 17.2 Å². The Morgan fingerprint density at radius 3 is 2.42 bits per heavy atom. The first-order valence-electron chi connectivity index (χ1n) is 5.16. The summed E-state index contributed by atoms with van der Waals surface area (Å²) in [6.07, 6.45) is 1.40. The van der Waals surface area contributed by atoms with Crippen LogP contribution in [0.3, 0.4) is 0 Å². The van der Waals surface area contributed by atoms with Gasteiger partial charge in [-0.15, -0.1) is 0 Å². The third-order valence-electron chi connectivity index (χ3n) is 2.19. The maximum atomic E-state index is 6.99. The molecule has 1 aromatic carbocycles. The second-order valence-corrected chi connectivity index (χ2v) is 3.71. The molecule has 0 aliphatic carbocycles. The van der Waals surface area contributed by atoms with Gasteiger partial charge in [0.1, 0.15) is 0 Å². The Labute approximate surface area is 115 Å². The van der Waals surface area contributed by atoms with Gasteiger partial charge in [0.25, 0.3) is 0 Å². The molecule has 1 rings (SSSR count). The highest BCUT2D eigenvalue weighted by atomic mass is 35.5. The van der Waals surface area contributed by atoms with E-state index in [1.54, 1.807) is 6.07 Å². The normalized spacial score (nSPS) is 10.3. The van der Waals surface area contributed by atoms with Crippen LogP contribution in [0.5, 0.6) is 17.2 Å². The maximum Gasteiger partial charge on any atom is 0.206 e. The number of nitrogens with one attached hydrogen (secondary N) is 2. The number of nitrogens with two attached hydrogens (primary N) is 1. The molecule has 4 N–H and O–H groups in total. The molecular formula is C11H15ClN4O3. The predicted octanol–water partition coefficient (Wildman–Crippen LogP) is 1.18. The number of hydrazone groups is 1. The molecule has 19 heavy (non-hydrogen) atoms. The number of ether oxygens (including phenoxy) is 3. The largest absolute Gasteiger partial charge is 0.493 e. The van der Waals surface area contributed by atoms with E-state index < -0.39 is 0 Å². The van der Waals surface area contributed by atoms with Crippen LogP contribution in [0.2, 0.25) is 5.02 Å². The fourth-order valence-corrected chi connectivity index (χ4v) is 1.67. The van der Waals surface area contributed by atoms with Crippen LogP contribution in [0.25, 0.3) is 0 Å². The first kappa shape index (κ1) is 14.9. The molecule has 0 saturated heterocycles. The number of rotatable bonds is 5.